The minimum Gasteiger partial charge on any atom is -0.646 e. The van der Waals surface area contributed by atoms with Crippen LogP contribution in [0.4, 0.5) is 0 Å². The van der Waals surface area contributed by atoms with Crippen molar-refractivity contribution < 1.29 is 37.5 Å². The Hall–Kier alpha value is -6.18. The summed E-state index contributed by atoms with van der Waals surface area (Å²) in [5.41, 5.74) is -1.53. The molecule has 8 atom stereocenters. The largest absolute Gasteiger partial charge is 0.646 e. The highest BCUT2D eigenvalue weighted by molar-refractivity contribution is 8.58. The van der Waals surface area contributed by atoms with E-state index in [1.54, 1.807) is 28.1 Å². The van der Waals surface area contributed by atoms with Crippen molar-refractivity contribution in [3.8, 4) is 11.5 Å². The molecule has 3 aliphatic rings. The van der Waals surface area contributed by atoms with Crippen LogP contribution in [0.25, 0.3) is 0 Å². The molecular formula is C59H65N4O12PSSi. The normalized spacial score (nSPS) is 23.8. The summed E-state index contributed by atoms with van der Waals surface area (Å²) < 4.78 is 50.2. The molecule has 0 saturated carbocycles. The molecule has 0 amide bonds. The fourth-order valence-corrected chi connectivity index (χ4v) is 21.6. The molecule has 0 radical (unpaired) electrons. The molecular weight excluding hydrogens is 1050 g/mol. The Kier molecular flexibility index (Phi) is 15.9. The van der Waals surface area contributed by atoms with E-state index in [0.29, 0.717) is 34.8 Å². The summed E-state index contributed by atoms with van der Waals surface area (Å²) in [5, 5.41) is 1.62. The van der Waals surface area contributed by atoms with Gasteiger partial charge in [-0.3, -0.25) is 28.7 Å². The van der Waals surface area contributed by atoms with E-state index in [1.165, 1.54) is 32.9 Å². The average Bonchev–Trinajstić information content (AvgIpc) is 4.23. The van der Waals surface area contributed by atoms with Crippen molar-refractivity contribution in [2.45, 2.75) is 107 Å². The zero-order valence-electron chi connectivity index (χ0n) is 44.7. The van der Waals surface area contributed by atoms with Crippen LogP contribution in [0.3, 0.4) is 0 Å². The van der Waals surface area contributed by atoms with Crippen LogP contribution in [0.5, 0.6) is 11.5 Å². The fraction of sp³-hybridized carbons (Fsp3) is 0.356. The van der Waals surface area contributed by atoms with Gasteiger partial charge >= 0.3 is 11.4 Å². The van der Waals surface area contributed by atoms with Crippen molar-refractivity contribution in [2.24, 2.45) is 0 Å². The molecule has 5 aromatic carbocycles. The second-order valence-electron chi connectivity index (χ2n) is 21.1. The average molecular weight is 1110 g/mol. The van der Waals surface area contributed by atoms with Gasteiger partial charge in [0.1, 0.15) is 53.5 Å². The maximum Gasteiger partial charge on any atom is 0.330 e. The lowest BCUT2D eigenvalue weighted by molar-refractivity contribution is -0.200. The van der Waals surface area contributed by atoms with E-state index in [-0.39, 0.29) is 19.4 Å². The van der Waals surface area contributed by atoms with Gasteiger partial charge in [-0.25, -0.2) is 14.1 Å². The molecule has 2 N–H and O–H groups in total. The first-order valence-electron chi connectivity index (χ1n) is 26.1. The maximum atomic E-state index is 16.4. The third kappa shape index (κ3) is 10.5. The Bertz CT molecular complexity index is 3360. The van der Waals surface area contributed by atoms with Gasteiger partial charge in [0.25, 0.3) is 19.4 Å². The minimum atomic E-state index is -3.93. The number of ether oxygens (including phenoxy) is 5. The van der Waals surface area contributed by atoms with Crippen LogP contribution in [0.2, 0.25) is 5.04 Å². The first-order chi connectivity index (χ1) is 37.5. The Morgan fingerprint density at radius 3 is 1.63 bits per heavy atom. The minimum absolute atomic E-state index is 0.0576. The molecule has 5 heterocycles. The van der Waals surface area contributed by atoms with E-state index in [2.05, 4.69) is 55.0 Å². The van der Waals surface area contributed by atoms with Crippen molar-refractivity contribution >= 4 is 37.0 Å². The first-order valence-corrected chi connectivity index (χ1v) is 31.3. The van der Waals surface area contributed by atoms with Crippen molar-refractivity contribution in [3.63, 3.8) is 0 Å². The van der Waals surface area contributed by atoms with Crippen molar-refractivity contribution in [3.05, 3.63) is 221 Å². The number of aromatic amines is 2. The monoisotopic (exact) mass is 1110 g/mol. The van der Waals surface area contributed by atoms with E-state index < -0.39 is 90.9 Å². The van der Waals surface area contributed by atoms with Crippen LogP contribution >= 0.6 is 18.3 Å². The molecule has 78 heavy (non-hydrogen) atoms. The standard InChI is InChI=1S/C59H65N4O12PSSi/c1-38-35-62(56(66)60-54(38)64)51-33-48(75-78(58(3,4)5,45-19-13-9-14-20-45)46-21-15-10-16-22-46)53(73-51)47-31-32-77-76(68,74-47)50-34-52(63-36-39(2)55(65)61-57(63)67)72-49(50)37-71-59(40-17-11-8-12-18-40,41-23-27-43(69-6)28-24-41)42-25-29-44(70-7)30-26-42/h8-30,35-36,47-53H,31-34,37H2,1-7H3,(H,60,64,66)(H,61,65,67)/t47-,48-,49?,50-,51+,52+,53+,76?/m0/s1. The first kappa shape index (κ1) is 55.1. The summed E-state index contributed by atoms with van der Waals surface area (Å²) in [5.74, 6) is 1.69. The van der Waals surface area contributed by atoms with Crippen LogP contribution in [0.1, 0.15) is 80.3 Å². The van der Waals surface area contributed by atoms with Crippen molar-refractivity contribution in [2.75, 3.05) is 26.6 Å². The number of hydrogen-bond acceptors (Lipinski definition) is 13. The molecule has 16 nitrogen and oxygen atoms in total. The van der Waals surface area contributed by atoms with Gasteiger partial charge in [0, 0.05) is 53.5 Å². The van der Waals surface area contributed by atoms with Crippen LogP contribution in [-0.4, -0.2) is 84.1 Å². The molecule has 0 spiro atoms. The lowest BCUT2D eigenvalue weighted by atomic mass is 9.80. The highest BCUT2D eigenvalue weighted by atomic mass is 32.7. The smallest absolute Gasteiger partial charge is 0.330 e. The van der Waals surface area contributed by atoms with E-state index >= 15 is 4.89 Å². The number of aryl methyl sites for hydroxylation is 2. The SMILES string of the molecule is COc1ccc(C(OCC2O[C@@H](n3cc(C)c(=O)[nH]c3=O)C[C@@H]2[P+]2([O-])O[C@H]([C@H]3O[C@@H](n4cc(C)c(=O)[nH]c4=O)C[C@@H]3O[Si](c3ccccc3)(c3ccccc3)C(C)(C)C)CCS2)(c2ccccc2)c2ccc(OC)cc2)cc1. The number of rotatable bonds is 16. The number of benzene rings is 5. The Labute approximate surface area is 458 Å². The third-order valence-electron chi connectivity index (χ3n) is 15.3. The topological polar surface area (TPSA) is 197 Å². The van der Waals surface area contributed by atoms with Gasteiger partial charge in [-0.05, 0) is 76.6 Å². The van der Waals surface area contributed by atoms with E-state index in [1.807, 2.05) is 115 Å². The summed E-state index contributed by atoms with van der Waals surface area (Å²) in [7, 11) is -0.0903. The van der Waals surface area contributed by atoms with Crippen molar-refractivity contribution in [1.82, 2.24) is 19.1 Å². The van der Waals surface area contributed by atoms with E-state index in [4.69, 9.17) is 32.6 Å². The van der Waals surface area contributed by atoms with Gasteiger partial charge < -0.3 is 33.0 Å². The second kappa shape index (κ2) is 22.5. The fourth-order valence-electron chi connectivity index (χ4n) is 11.4. The third-order valence-corrected chi connectivity index (χ3v) is 25.8. The maximum absolute atomic E-state index is 16.4. The molecule has 408 valence electrons. The highest BCUT2D eigenvalue weighted by Crippen LogP contribution is 2.74. The number of aromatic nitrogens is 4. The molecule has 0 bridgehead atoms. The second-order valence-corrected chi connectivity index (χ2v) is 30.3. The molecule has 7 aromatic rings. The van der Waals surface area contributed by atoms with Crippen LogP contribution in [-0.2, 0) is 28.8 Å². The number of hydrogen-bond donors (Lipinski definition) is 2. The Morgan fingerprint density at radius 1 is 0.667 bits per heavy atom. The van der Waals surface area contributed by atoms with Crippen molar-refractivity contribution in [1.29, 1.82) is 0 Å². The van der Waals surface area contributed by atoms with Gasteiger partial charge in [-0.2, -0.15) is 0 Å². The Morgan fingerprint density at radius 2 is 1.14 bits per heavy atom. The molecule has 2 aromatic heterocycles. The van der Waals surface area contributed by atoms with Crippen LogP contribution < -0.4 is 47.2 Å². The highest BCUT2D eigenvalue weighted by Gasteiger charge is 2.60. The van der Waals surface area contributed by atoms with E-state index in [0.717, 1.165) is 27.1 Å². The van der Waals surface area contributed by atoms with E-state index in [9.17, 15) is 19.2 Å². The predicted molar refractivity (Wildman–Crippen MR) is 303 cm³/mol. The quantitative estimate of drug-likeness (QED) is 0.0558. The van der Waals surface area contributed by atoms with Gasteiger partial charge in [0.15, 0.2) is 6.92 Å². The summed E-state index contributed by atoms with van der Waals surface area (Å²) >= 11 is 1.22. The van der Waals surface area contributed by atoms with Gasteiger partial charge in [0.05, 0.1) is 26.9 Å². The number of H-pyrrole nitrogens is 2. The van der Waals surface area contributed by atoms with Gasteiger partial charge in [-0.15, -0.1) is 0 Å². The number of methoxy groups -OCH3 is 2. The lowest BCUT2D eigenvalue weighted by Crippen LogP contribution is -2.68. The number of nitrogens with zero attached hydrogens (tertiary/aromatic N) is 2. The predicted octanol–water partition coefficient (Wildman–Crippen LogP) is 7.26. The molecule has 0 aliphatic carbocycles. The van der Waals surface area contributed by atoms with Crippen LogP contribution in [0.15, 0.2) is 171 Å². The lowest BCUT2D eigenvalue weighted by Gasteiger charge is -2.46. The van der Waals surface area contributed by atoms with Gasteiger partial charge in [-0.1, -0.05) is 136 Å². The molecule has 3 saturated heterocycles. The molecule has 3 aliphatic heterocycles. The zero-order chi connectivity index (χ0) is 55.0. The number of nitrogens with one attached hydrogen (secondary N) is 2. The molecule has 19 heteroatoms. The summed E-state index contributed by atoms with van der Waals surface area (Å²) in [6, 6.07) is 45.5. The summed E-state index contributed by atoms with van der Waals surface area (Å²) in [6.45, 7) is 5.72. The Balaban J connectivity index is 1.06. The molecule has 3 fully saturated rings. The van der Waals surface area contributed by atoms with Crippen LogP contribution in [0, 0.1) is 13.8 Å². The summed E-state index contributed by atoms with van der Waals surface area (Å²) in [4.78, 5) is 74.0. The molecule has 2 unspecified atom stereocenters. The van der Waals surface area contributed by atoms with Gasteiger partial charge in [0.2, 0.25) is 0 Å². The summed E-state index contributed by atoms with van der Waals surface area (Å²) in [6.07, 6.45) is -1.59. The molecule has 10 rings (SSSR count). The zero-order valence-corrected chi connectivity index (χ0v) is 47.4.